The van der Waals surface area contributed by atoms with E-state index in [2.05, 4.69) is 5.32 Å². The number of benzene rings is 2. The van der Waals surface area contributed by atoms with E-state index in [4.69, 9.17) is 28.4 Å². The number of nitrogens with one attached hydrogen (secondary N) is 1. The Bertz CT molecular complexity index is 1350. The van der Waals surface area contributed by atoms with Gasteiger partial charge in [-0.05, 0) is 22.3 Å². The van der Waals surface area contributed by atoms with Crippen molar-refractivity contribution in [3.05, 3.63) is 59.7 Å². The minimum absolute atomic E-state index is 0.0786. The standard InChI is InChI=1S/C30H32FNO12/c1-15(33)39-14-24-26(42-16(2)34)27(43-17(3)35)25(31)29(44-24)40-13-23(28(36)37)32-30(38)41-12-22-20-10-6-4-8-18(20)19-9-5-7-11-21(19)22/h4-11,22-27,29H,12-14H2,1-3H3,(H,32,38)(H,36,37)/t23-,24+,25+,26+,27+,29?/m0/s1/i31-1. The quantitative estimate of drug-likeness (QED) is 0.279. The first-order valence-corrected chi connectivity index (χ1v) is 13.7. The lowest BCUT2D eigenvalue weighted by Gasteiger charge is -2.42. The lowest BCUT2D eigenvalue weighted by atomic mass is 9.98. The Hall–Kier alpha value is -4.56. The number of hydrogen-bond donors (Lipinski definition) is 2. The van der Waals surface area contributed by atoms with Crippen molar-refractivity contribution in [2.45, 2.75) is 63.5 Å². The molecule has 1 fully saturated rings. The van der Waals surface area contributed by atoms with E-state index < -0.39 is 80.0 Å². The van der Waals surface area contributed by atoms with E-state index in [0.29, 0.717) is 0 Å². The molecular weight excluding hydrogens is 584 g/mol. The minimum Gasteiger partial charge on any atom is -0.480 e. The van der Waals surface area contributed by atoms with Crippen molar-refractivity contribution >= 4 is 30.0 Å². The molecule has 0 saturated carbocycles. The highest BCUT2D eigenvalue weighted by Gasteiger charge is 2.51. The predicted molar refractivity (Wildman–Crippen MR) is 147 cm³/mol. The molecule has 1 aliphatic heterocycles. The van der Waals surface area contributed by atoms with Gasteiger partial charge in [0.2, 0.25) is 0 Å². The molecule has 236 valence electrons. The average Bonchev–Trinajstić information content (AvgIpc) is 3.29. The number of carboxylic acids is 1. The number of esters is 3. The third-order valence-corrected chi connectivity index (χ3v) is 6.99. The first-order valence-electron chi connectivity index (χ1n) is 13.7. The molecule has 4 rings (SSSR count). The summed E-state index contributed by atoms with van der Waals surface area (Å²) in [5.41, 5.74) is 3.94. The van der Waals surface area contributed by atoms with E-state index in [1.807, 2.05) is 48.5 Å². The van der Waals surface area contributed by atoms with Crippen LogP contribution in [0.4, 0.5) is 9.18 Å². The number of rotatable bonds is 11. The maximum absolute atomic E-state index is 15.5. The normalized spacial score (nSPS) is 23.0. The van der Waals surface area contributed by atoms with Gasteiger partial charge in [0.1, 0.15) is 19.3 Å². The minimum atomic E-state index is -2.26. The molecule has 6 atom stereocenters. The van der Waals surface area contributed by atoms with E-state index >= 15 is 4.39 Å². The van der Waals surface area contributed by atoms with Crippen molar-refractivity contribution in [2.75, 3.05) is 19.8 Å². The predicted octanol–water partition coefficient (Wildman–Crippen LogP) is 2.48. The molecular formula is C30H32FNO12. The molecule has 13 nitrogen and oxygen atoms in total. The van der Waals surface area contributed by atoms with Crippen LogP contribution in [0, 0.1) is 0 Å². The fourth-order valence-electron chi connectivity index (χ4n) is 5.14. The summed E-state index contributed by atoms with van der Waals surface area (Å²) < 4.78 is 46.8. The summed E-state index contributed by atoms with van der Waals surface area (Å²) in [6.07, 6.45) is -9.78. The summed E-state index contributed by atoms with van der Waals surface area (Å²) in [6, 6.07) is 13.6. The van der Waals surface area contributed by atoms with Crippen LogP contribution in [0.15, 0.2) is 48.5 Å². The summed E-state index contributed by atoms with van der Waals surface area (Å²) in [6.45, 7) is 1.74. The van der Waals surface area contributed by atoms with Crippen molar-refractivity contribution in [2.24, 2.45) is 0 Å². The Morgan fingerprint density at radius 3 is 1.95 bits per heavy atom. The monoisotopic (exact) mass is 616 g/mol. The highest BCUT2D eigenvalue weighted by molar-refractivity contribution is 5.81. The molecule has 0 aromatic heterocycles. The molecule has 0 radical (unpaired) electrons. The van der Waals surface area contributed by atoms with Crippen molar-refractivity contribution in [3.8, 4) is 11.1 Å². The van der Waals surface area contributed by atoms with Gasteiger partial charge in [0.05, 0.1) is 6.61 Å². The molecule has 1 saturated heterocycles. The Balaban J connectivity index is 1.41. The van der Waals surface area contributed by atoms with Crippen LogP contribution in [-0.4, -0.2) is 91.7 Å². The number of alkyl carbamates (subject to hydrolysis) is 1. The van der Waals surface area contributed by atoms with Gasteiger partial charge in [-0.25, -0.2) is 14.0 Å². The number of carboxylic acid groups (broad SMARTS) is 1. The zero-order valence-corrected chi connectivity index (χ0v) is 24.1. The Kier molecular flexibility index (Phi) is 10.5. The van der Waals surface area contributed by atoms with Gasteiger partial charge in [-0.15, -0.1) is 0 Å². The number of hydrogen-bond acceptors (Lipinski definition) is 11. The van der Waals surface area contributed by atoms with Gasteiger partial charge < -0.3 is 38.8 Å². The molecule has 1 heterocycles. The second kappa shape index (κ2) is 14.3. The van der Waals surface area contributed by atoms with Crippen molar-refractivity contribution in [1.82, 2.24) is 5.32 Å². The number of aliphatic carboxylic acids is 1. The summed E-state index contributed by atoms with van der Waals surface area (Å²) >= 11 is 0. The molecule has 1 amide bonds. The van der Waals surface area contributed by atoms with Crippen molar-refractivity contribution < 1.29 is 61.9 Å². The van der Waals surface area contributed by atoms with E-state index in [-0.39, 0.29) is 12.5 Å². The zero-order chi connectivity index (χ0) is 32.0. The lowest BCUT2D eigenvalue weighted by Crippen LogP contribution is -2.61. The van der Waals surface area contributed by atoms with E-state index in [1.54, 1.807) is 0 Å². The Morgan fingerprint density at radius 2 is 1.41 bits per heavy atom. The van der Waals surface area contributed by atoms with Crippen LogP contribution >= 0.6 is 0 Å². The molecule has 44 heavy (non-hydrogen) atoms. The van der Waals surface area contributed by atoms with E-state index in [9.17, 15) is 29.1 Å². The molecule has 1 unspecified atom stereocenters. The SMILES string of the molecule is CC(=O)OC[C@H]1OC(OC[C@H](NC(=O)OCC2c3ccccc3-c3ccccc32)C(=O)O)[C@H]([18F])[C@@H](OC(C)=O)[C@@H]1OC(C)=O. The summed E-state index contributed by atoms with van der Waals surface area (Å²) in [7, 11) is 0. The first kappa shape index (κ1) is 32.4. The zero-order valence-electron chi connectivity index (χ0n) is 24.1. The van der Waals surface area contributed by atoms with Crippen LogP contribution in [0.1, 0.15) is 37.8 Å². The van der Waals surface area contributed by atoms with Crippen LogP contribution < -0.4 is 5.32 Å². The van der Waals surface area contributed by atoms with Gasteiger partial charge >= 0.3 is 30.0 Å². The molecule has 2 aromatic rings. The van der Waals surface area contributed by atoms with Gasteiger partial charge in [-0.1, -0.05) is 48.5 Å². The smallest absolute Gasteiger partial charge is 0.407 e. The topological polar surface area (TPSA) is 173 Å². The van der Waals surface area contributed by atoms with Gasteiger partial charge in [0.25, 0.3) is 0 Å². The molecule has 14 heteroatoms. The van der Waals surface area contributed by atoms with Crippen LogP contribution in [0.5, 0.6) is 0 Å². The molecule has 1 aliphatic carbocycles. The second-order valence-electron chi connectivity index (χ2n) is 10.1. The highest BCUT2D eigenvalue weighted by Crippen LogP contribution is 2.44. The molecule has 2 aliphatic rings. The molecule has 0 bridgehead atoms. The largest absolute Gasteiger partial charge is 0.480 e. The van der Waals surface area contributed by atoms with Crippen LogP contribution in [0.3, 0.4) is 0 Å². The Morgan fingerprint density at radius 1 is 0.841 bits per heavy atom. The van der Waals surface area contributed by atoms with Gasteiger partial charge in [0, 0.05) is 26.7 Å². The van der Waals surface area contributed by atoms with Gasteiger partial charge in [-0.2, -0.15) is 0 Å². The second-order valence-corrected chi connectivity index (χ2v) is 10.1. The van der Waals surface area contributed by atoms with Gasteiger partial charge in [0.15, 0.2) is 30.7 Å². The van der Waals surface area contributed by atoms with Gasteiger partial charge in [-0.3, -0.25) is 14.4 Å². The maximum Gasteiger partial charge on any atom is 0.407 e. The third-order valence-electron chi connectivity index (χ3n) is 6.99. The van der Waals surface area contributed by atoms with Crippen molar-refractivity contribution in [3.63, 3.8) is 0 Å². The number of ether oxygens (including phenoxy) is 6. The number of amides is 1. The summed E-state index contributed by atoms with van der Waals surface area (Å²) in [4.78, 5) is 59.3. The molecule has 2 N–H and O–H groups in total. The lowest BCUT2D eigenvalue weighted by molar-refractivity contribution is -0.293. The number of halogens is 1. The number of carbonyl (C=O) groups excluding carboxylic acids is 4. The average molecular weight is 617 g/mol. The highest BCUT2D eigenvalue weighted by atomic mass is 18.2. The van der Waals surface area contributed by atoms with E-state index in [1.165, 1.54) is 0 Å². The third kappa shape index (κ3) is 7.68. The first-order chi connectivity index (χ1) is 21.0. The number of alkyl halides is 1. The molecule has 0 spiro atoms. The number of carbonyl (C=O) groups is 5. The molecule has 2 aromatic carbocycles. The van der Waals surface area contributed by atoms with Crippen LogP contribution in [0.25, 0.3) is 11.1 Å². The van der Waals surface area contributed by atoms with Crippen molar-refractivity contribution in [1.29, 1.82) is 0 Å². The Labute approximate surface area is 251 Å². The maximum atomic E-state index is 15.5. The number of fused-ring (bicyclic) bond motifs is 3. The van der Waals surface area contributed by atoms with E-state index in [0.717, 1.165) is 43.0 Å². The van der Waals surface area contributed by atoms with Crippen LogP contribution in [0.2, 0.25) is 0 Å². The fraction of sp³-hybridized carbons (Fsp3) is 0.433. The summed E-state index contributed by atoms with van der Waals surface area (Å²) in [5, 5.41) is 11.9. The fourth-order valence-corrected chi connectivity index (χ4v) is 5.14. The summed E-state index contributed by atoms with van der Waals surface area (Å²) in [5.74, 6) is -4.28. The van der Waals surface area contributed by atoms with Crippen LogP contribution in [-0.2, 0) is 47.6 Å².